The van der Waals surface area contributed by atoms with Gasteiger partial charge in [-0.05, 0) is 19.1 Å². The van der Waals surface area contributed by atoms with E-state index in [-0.39, 0.29) is 11.8 Å². The van der Waals surface area contributed by atoms with Gasteiger partial charge in [-0.1, -0.05) is 11.8 Å². The number of aromatic nitrogens is 4. The number of imide groups is 1. The van der Waals surface area contributed by atoms with Crippen molar-refractivity contribution in [1.82, 2.24) is 24.6 Å². The van der Waals surface area contributed by atoms with Crippen LogP contribution in [0.5, 0.6) is 0 Å². The first-order valence-electron chi connectivity index (χ1n) is 7.50. The van der Waals surface area contributed by atoms with Gasteiger partial charge < -0.3 is 4.57 Å². The largest absolute Gasteiger partial charge is 0.302 e. The predicted molar refractivity (Wildman–Crippen MR) is 85.6 cm³/mol. The van der Waals surface area contributed by atoms with Gasteiger partial charge in [-0.2, -0.15) is 0 Å². The van der Waals surface area contributed by atoms with Crippen LogP contribution in [-0.4, -0.2) is 48.8 Å². The smallest absolute Gasteiger partial charge is 0.229 e. The molecule has 1 fully saturated rings. The van der Waals surface area contributed by atoms with Crippen LogP contribution in [0.4, 0.5) is 0 Å². The minimum Gasteiger partial charge on any atom is -0.302 e. The molecule has 0 unspecified atom stereocenters. The second kappa shape index (κ2) is 6.91. The fourth-order valence-electron chi connectivity index (χ4n) is 2.50. The van der Waals surface area contributed by atoms with Crippen LogP contribution in [0.2, 0.25) is 0 Å². The molecule has 0 saturated carbocycles. The number of likely N-dealkylation sites (tertiary alicyclic amines) is 1. The summed E-state index contributed by atoms with van der Waals surface area (Å²) in [4.78, 5) is 28.5. The molecule has 1 aliphatic heterocycles. The molecule has 3 heterocycles. The highest BCUT2D eigenvalue weighted by Crippen LogP contribution is 2.24. The fourth-order valence-corrected chi connectivity index (χ4v) is 3.42. The Kier molecular flexibility index (Phi) is 4.71. The number of carbonyl (C=O) groups excluding carboxylic acids is 2. The van der Waals surface area contributed by atoms with Crippen molar-refractivity contribution in [2.75, 3.05) is 12.3 Å². The Hall–Kier alpha value is -2.22. The summed E-state index contributed by atoms with van der Waals surface area (Å²) in [6.45, 7) is 3.20. The summed E-state index contributed by atoms with van der Waals surface area (Å²) in [5, 5.41) is 9.28. The van der Waals surface area contributed by atoms with Gasteiger partial charge in [0.1, 0.15) is 0 Å². The maximum absolute atomic E-state index is 11.6. The number of rotatable bonds is 6. The first-order valence-corrected chi connectivity index (χ1v) is 8.49. The van der Waals surface area contributed by atoms with Crippen molar-refractivity contribution in [3.63, 3.8) is 0 Å². The van der Waals surface area contributed by atoms with E-state index in [4.69, 9.17) is 0 Å². The highest BCUT2D eigenvalue weighted by atomic mass is 32.2. The van der Waals surface area contributed by atoms with E-state index in [2.05, 4.69) is 15.2 Å². The van der Waals surface area contributed by atoms with Crippen LogP contribution >= 0.6 is 11.8 Å². The number of carbonyl (C=O) groups is 2. The molecule has 1 saturated heterocycles. The Morgan fingerprint density at radius 2 is 1.83 bits per heavy atom. The lowest BCUT2D eigenvalue weighted by atomic mass is 10.2. The van der Waals surface area contributed by atoms with Crippen LogP contribution in [0, 0.1) is 0 Å². The maximum atomic E-state index is 11.6. The molecule has 0 aliphatic carbocycles. The Morgan fingerprint density at radius 3 is 2.48 bits per heavy atom. The van der Waals surface area contributed by atoms with Crippen molar-refractivity contribution in [3.8, 4) is 11.4 Å². The average molecular weight is 331 g/mol. The van der Waals surface area contributed by atoms with Gasteiger partial charge in [0, 0.05) is 49.6 Å². The summed E-state index contributed by atoms with van der Waals surface area (Å²) in [5.74, 6) is 1.26. The zero-order valence-corrected chi connectivity index (χ0v) is 13.6. The second-order valence-corrected chi connectivity index (χ2v) is 6.14. The van der Waals surface area contributed by atoms with Gasteiger partial charge in [0.05, 0.1) is 0 Å². The van der Waals surface area contributed by atoms with Crippen LogP contribution in [0.1, 0.15) is 19.8 Å². The van der Waals surface area contributed by atoms with Gasteiger partial charge in [0.25, 0.3) is 0 Å². The monoisotopic (exact) mass is 331 g/mol. The van der Waals surface area contributed by atoms with Crippen LogP contribution in [-0.2, 0) is 16.1 Å². The zero-order chi connectivity index (χ0) is 16.2. The van der Waals surface area contributed by atoms with E-state index in [0.29, 0.717) is 25.1 Å². The molecule has 0 N–H and O–H groups in total. The predicted octanol–water partition coefficient (Wildman–Crippen LogP) is 1.60. The number of amides is 2. The average Bonchev–Trinajstić information content (AvgIpc) is 3.13. The van der Waals surface area contributed by atoms with Crippen molar-refractivity contribution >= 4 is 23.6 Å². The van der Waals surface area contributed by atoms with Gasteiger partial charge >= 0.3 is 0 Å². The molecule has 3 rings (SSSR count). The minimum atomic E-state index is -0.0787. The van der Waals surface area contributed by atoms with E-state index >= 15 is 0 Å². The molecule has 7 nitrogen and oxygen atoms in total. The molecule has 8 heteroatoms. The molecule has 0 atom stereocenters. The van der Waals surface area contributed by atoms with E-state index in [0.717, 1.165) is 23.1 Å². The summed E-state index contributed by atoms with van der Waals surface area (Å²) in [6.07, 6.45) is 4.12. The molecule has 0 radical (unpaired) electrons. The van der Waals surface area contributed by atoms with Gasteiger partial charge in [-0.25, -0.2) is 0 Å². The third-order valence-electron chi connectivity index (χ3n) is 3.67. The second-order valence-electron chi connectivity index (χ2n) is 5.07. The van der Waals surface area contributed by atoms with Gasteiger partial charge in [-0.15, -0.1) is 10.2 Å². The molecule has 120 valence electrons. The highest BCUT2D eigenvalue weighted by Gasteiger charge is 2.28. The van der Waals surface area contributed by atoms with Crippen LogP contribution in [0.3, 0.4) is 0 Å². The topological polar surface area (TPSA) is 81.0 Å². The van der Waals surface area contributed by atoms with E-state index in [9.17, 15) is 9.59 Å². The van der Waals surface area contributed by atoms with Crippen molar-refractivity contribution in [2.45, 2.75) is 31.5 Å². The van der Waals surface area contributed by atoms with E-state index in [1.807, 2.05) is 23.6 Å². The Morgan fingerprint density at radius 1 is 1.13 bits per heavy atom. The van der Waals surface area contributed by atoms with Gasteiger partial charge in [0.2, 0.25) is 11.8 Å². The molecular formula is C15H17N5O2S. The third kappa shape index (κ3) is 3.26. The number of hydrogen-bond donors (Lipinski definition) is 0. The Labute approximate surface area is 138 Å². The van der Waals surface area contributed by atoms with E-state index in [1.165, 1.54) is 16.7 Å². The summed E-state index contributed by atoms with van der Waals surface area (Å²) in [5.41, 5.74) is 0.964. The molecule has 1 aliphatic rings. The lowest BCUT2D eigenvalue weighted by molar-refractivity contribution is -0.137. The normalized spacial score (nSPS) is 14.7. The van der Waals surface area contributed by atoms with Gasteiger partial charge in [-0.3, -0.25) is 19.5 Å². The lowest BCUT2D eigenvalue weighted by Crippen LogP contribution is -2.31. The van der Waals surface area contributed by atoms with Crippen molar-refractivity contribution in [2.24, 2.45) is 0 Å². The van der Waals surface area contributed by atoms with Crippen molar-refractivity contribution in [1.29, 1.82) is 0 Å². The Balaban J connectivity index is 1.68. The van der Waals surface area contributed by atoms with Crippen molar-refractivity contribution in [3.05, 3.63) is 24.5 Å². The molecule has 2 amide bonds. The van der Waals surface area contributed by atoms with E-state index in [1.54, 1.807) is 12.4 Å². The lowest BCUT2D eigenvalue weighted by Gasteiger charge is -2.13. The summed E-state index contributed by atoms with van der Waals surface area (Å²) >= 11 is 1.51. The third-order valence-corrected chi connectivity index (χ3v) is 4.62. The Bertz CT molecular complexity index is 700. The SMILES string of the molecule is CCn1c(SCCN2C(=O)CCC2=O)nnc1-c1ccncc1. The molecule has 0 bridgehead atoms. The molecule has 2 aromatic heterocycles. The zero-order valence-electron chi connectivity index (χ0n) is 12.8. The van der Waals surface area contributed by atoms with Gasteiger partial charge in [0.15, 0.2) is 11.0 Å². The summed E-state index contributed by atoms with van der Waals surface area (Å²) in [6, 6.07) is 3.79. The first kappa shape index (κ1) is 15.7. The molecule has 23 heavy (non-hydrogen) atoms. The first-order chi connectivity index (χ1) is 11.2. The minimum absolute atomic E-state index is 0.0787. The number of hydrogen-bond acceptors (Lipinski definition) is 6. The number of nitrogens with zero attached hydrogens (tertiary/aromatic N) is 5. The highest BCUT2D eigenvalue weighted by molar-refractivity contribution is 7.99. The molecular weight excluding hydrogens is 314 g/mol. The van der Waals surface area contributed by atoms with Crippen LogP contribution in [0.15, 0.2) is 29.7 Å². The quantitative estimate of drug-likeness (QED) is 0.591. The summed E-state index contributed by atoms with van der Waals surface area (Å²) < 4.78 is 2.02. The standard InChI is InChI=1S/C15H17N5O2S/c1-2-19-14(11-5-7-16-8-6-11)17-18-15(19)23-10-9-20-12(21)3-4-13(20)22/h5-8H,2-4,9-10H2,1H3. The van der Waals surface area contributed by atoms with Crippen LogP contribution in [0.25, 0.3) is 11.4 Å². The molecule has 0 spiro atoms. The summed E-state index contributed by atoms with van der Waals surface area (Å²) in [7, 11) is 0. The number of pyridine rings is 1. The number of thioether (sulfide) groups is 1. The van der Waals surface area contributed by atoms with Crippen molar-refractivity contribution < 1.29 is 9.59 Å². The fraction of sp³-hybridized carbons (Fsp3) is 0.400. The van der Waals surface area contributed by atoms with Crippen LogP contribution < -0.4 is 0 Å². The molecule has 2 aromatic rings. The maximum Gasteiger partial charge on any atom is 0.229 e. The van der Waals surface area contributed by atoms with E-state index < -0.39 is 0 Å². The molecule has 0 aromatic carbocycles.